The van der Waals surface area contributed by atoms with Gasteiger partial charge in [-0.15, -0.1) is 0 Å². The van der Waals surface area contributed by atoms with Crippen molar-refractivity contribution in [1.82, 2.24) is 10.2 Å². The Balaban J connectivity index is 1.98. The molecule has 1 atom stereocenters. The summed E-state index contributed by atoms with van der Waals surface area (Å²) in [4.78, 5) is 2.65. The van der Waals surface area contributed by atoms with Crippen LogP contribution in [0.4, 0.5) is 0 Å². The van der Waals surface area contributed by atoms with E-state index in [1.54, 1.807) is 0 Å². The van der Waals surface area contributed by atoms with Crippen LogP contribution in [0.5, 0.6) is 0 Å². The normalized spacial score (nSPS) is 18.4. The Morgan fingerprint density at radius 3 is 2.60 bits per heavy atom. The van der Waals surface area contributed by atoms with Gasteiger partial charge in [0.05, 0.1) is 0 Å². The van der Waals surface area contributed by atoms with Crippen LogP contribution in [0.1, 0.15) is 52.9 Å². The van der Waals surface area contributed by atoms with E-state index in [4.69, 9.17) is 0 Å². The Hall–Kier alpha value is -0.0800. The summed E-state index contributed by atoms with van der Waals surface area (Å²) in [6.45, 7) is 10.5. The predicted octanol–water partition coefficient (Wildman–Crippen LogP) is 2.64. The van der Waals surface area contributed by atoms with Gasteiger partial charge in [-0.25, -0.2) is 0 Å². The topological polar surface area (TPSA) is 15.3 Å². The standard InChI is InChI=1S/C13H28N2/c1-4-10-14-12(3)7-6-11-15(5-2)13-8-9-13/h12-14H,4-11H2,1-3H3. The van der Waals surface area contributed by atoms with Crippen LogP contribution in [0.15, 0.2) is 0 Å². The second-order valence-corrected chi connectivity index (χ2v) is 4.86. The van der Waals surface area contributed by atoms with Gasteiger partial charge < -0.3 is 10.2 Å². The summed E-state index contributed by atoms with van der Waals surface area (Å²) in [5.74, 6) is 0. The summed E-state index contributed by atoms with van der Waals surface area (Å²) in [6.07, 6.45) is 6.80. The minimum Gasteiger partial charge on any atom is -0.314 e. The second-order valence-electron chi connectivity index (χ2n) is 4.86. The van der Waals surface area contributed by atoms with Crippen LogP contribution in [0.2, 0.25) is 0 Å². The lowest BCUT2D eigenvalue weighted by atomic mass is 10.1. The molecule has 0 saturated heterocycles. The molecule has 0 radical (unpaired) electrons. The smallest absolute Gasteiger partial charge is 0.00963 e. The average Bonchev–Trinajstić information content (AvgIpc) is 3.05. The molecule has 0 heterocycles. The highest BCUT2D eigenvalue weighted by molar-refractivity contribution is 4.83. The first-order chi connectivity index (χ1) is 7.27. The number of hydrogen-bond acceptors (Lipinski definition) is 2. The van der Waals surface area contributed by atoms with Crippen LogP contribution in [0, 0.1) is 0 Å². The molecule has 1 rings (SSSR count). The Labute approximate surface area is 95.4 Å². The van der Waals surface area contributed by atoms with E-state index >= 15 is 0 Å². The summed E-state index contributed by atoms with van der Waals surface area (Å²) in [5, 5.41) is 3.55. The van der Waals surface area contributed by atoms with E-state index in [9.17, 15) is 0 Å². The lowest BCUT2D eigenvalue weighted by Crippen LogP contribution is -2.30. The van der Waals surface area contributed by atoms with E-state index in [1.165, 1.54) is 51.7 Å². The Morgan fingerprint density at radius 1 is 1.33 bits per heavy atom. The zero-order valence-electron chi connectivity index (χ0n) is 10.8. The average molecular weight is 212 g/mol. The fourth-order valence-electron chi connectivity index (χ4n) is 2.13. The molecule has 0 spiro atoms. The summed E-state index contributed by atoms with van der Waals surface area (Å²) >= 11 is 0. The fraction of sp³-hybridized carbons (Fsp3) is 1.00. The zero-order chi connectivity index (χ0) is 11.1. The molecule has 1 unspecified atom stereocenters. The first kappa shape index (κ1) is 13.0. The van der Waals surface area contributed by atoms with Crippen molar-refractivity contribution >= 4 is 0 Å². The third-order valence-electron chi connectivity index (χ3n) is 3.29. The first-order valence-corrected chi connectivity index (χ1v) is 6.75. The lowest BCUT2D eigenvalue weighted by Gasteiger charge is -2.21. The molecule has 1 N–H and O–H groups in total. The highest BCUT2D eigenvalue weighted by Gasteiger charge is 2.27. The summed E-state index contributed by atoms with van der Waals surface area (Å²) in [5.41, 5.74) is 0. The highest BCUT2D eigenvalue weighted by Crippen LogP contribution is 2.26. The Morgan fingerprint density at radius 2 is 2.07 bits per heavy atom. The predicted molar refractivity (Wildman–Crippen MR) is 67.3 cm³/mol. The van der Waals surface area contributed by atoms with E-state index in [-0.39, 0.29) is 0 Å². The molecule has 0 aromatic carbocycles. The van der Waals surface area contributed by atoms with Gasteiger partial charge >= 0.3 is 0 Å². The van der Waals surface area contributed by atoms with Crippen LogP contribution in [0.25, 0.3) is 0 Å². The maximum absolute atomic E-state index is 3.55. The molecular formula is C13H28N2. The minimum atomic E-state index is 0.697. The van der Waals surface area contributed by atoms with Crippen molar-refractivity contribution in [2.45, 2.75) is 65.0 Å². The van der Waals surface area contributed by atoms with Gasteiger partial charge in [-0.2, -0.15) is 0 Å². The van der Waals surface area contributed by atoms with Gasteiger partial charge in [-0.05, 0) is 58.7 Å². The van der Waals surface area contributed by atoms with Crippen LogP contribution < -0.4 is 5.32 Å². The Bertz CT molecular complexity index is 155. The van der Waals surface area contributed by atoms with Gasteiger partial charge in [0.15, 0.2) is 0 Å². The minimum absolute atomic E-state index is 0.697. The van der Waals surface area contributed by atoms with Crippen molar-refractivity contribution in [1.29, 1.82) is 0 Å². The lowest BCUT2D eigenvalue weighted by molar-refractivity contribution is 0.267. The van der Waals surface area contributed by atoms with Gasteiger partial charge in [0, 0.05) is 12.1 Å². The van der Waals surface area contributed by atoms with Crippen molar-refractivity contribution < 1.29 is 0 Å². The van der Waals surface area contributed by atoms with Gasteiger partial charge in [-0.3, -0.25) is 0 Å². The molecule has 1 saturated carbocycles. The molecule has 2 nitrogen and oxygen atoms in total. The number of hydrogen-bond donors (Lipinski definition) is 1. The van der Waals surface area contributed by atoms with Gasteiger partial charge in [-0.1, -0.05) is 13.8 Å². The largest absolute Gasteiger partial charge is 0.314 e. The maximum atomic E-state index is 3.55. The number of rotatable bonds is 9. The molecule has 0 amide bonds. The zero-order valence-corrected chi connectivity index (χ0v) is 10.8. The van der Waals surface area contributed by atoms with Crippen molar-refractivity contribution in [2.75, 3.05) is 19.6 Å². The third kappa shape index (κ3) is 5.53. The summed E-state index contributed by atoms with van der Waals surface area (Å²) in [7, 11) is 0. The van der Waals surface area contributed by atoms with Crippen molar-refractivity contribution in [3.63, 3.8) is 0 Å². The van der Waals surface area contributed by atoms with Gasteiger partial charge in [0.2, 0.25) is 0 Å². The first-order valence-electron chi connectivity index (χ1n) is 6.75. The molecule has 1 fully saturated rings. The molecule has 0 bridgehead atoms. The van der Waals surface area contributed by atoms with Gasteiger partial charge in [0.25, 0.3) is 0 Å². The van der Waals surface area contributed by atoms with E-state index in [2.05, 4.69) is 31.0 Å². The molecule has 90 valence electrons. The molecule has 0 aliphatic heterocycles. The monoisotopic (exact) mass is 212 g/mol. The van der Waals surface area contributed by atoms with E-state index in [1.807, 2.05) is 0 Å². The number of nitrogens with zero attached hydrogens (tertiary/aromatic N) is 1. The molecule has 0 aromatic rings. The fourth-order valence-corrected chi connectivity index (χ4v) is 2.13. The molecule has 1 aliphatic rings. The van der Waals surface area contributed by atoms with Gasteiger partial charge in [0.1, 0.15) is 0 Å². The van der Waals surface area contributed by atoms with Crippen LogP contribution in [-0.4, -0.2) is 36.6 Å². The van der Waals surface area contributed by atoms with Crippen LogP contribution in [-0.2, 0) is 0 Å². The quantitative estimate of drug-likeness (QED) is 0.632. The second kappa shape index (κ2) is 7.24. The van der Waals surface area contributed by atoms with Crippen molar-refractivity contribution in [3.8, 4) is 0 Å². The van der Waals surface area contributed by atoms with Crippen molar-refractivity contribution in [2.24, 2.45) is 0 Å². The van der Waals surface area contributed by atoms with Crippen LogP contribution >= 0.6 is 0 Å². The molecule has 2 heteroatoms. The van der Waals surface area contributed by atoms with E-state index in [0.717, 1.165) is 6.04 Å². The summed E-state index contributed by atoms with van der Waals surface area (Å²) < 4.78 is 0. The van der Waals surface area contributed by atoms with E-state index < -0.39 is 0 Å². The Kier molecular flexibility index (Phi) is 6.26. The molecule has 0 aromatic heterocycles. The van der Waals surface area contributed by atoms with Crippen LogP contribution in [0.3, 0.4) is 0 Å². The highest BCUT2D eigenvalue weighted by atomic mass is 15.2. The van der Waals surface area contributed by atoms with Crippen molar-refractivity contribution in [3.05, 3.63) is 0 Å². The third-order valence-corrected chi connectivity index (χ3v) is 3.29. The SMILES string of the molecule is CCCNC(C)CCCN(CC)C1CC1. The molecule has 15 heavy (non-hydrogen) atoms. The maximum Gasteiger partial charge on any atom is 0.00963 e. The number of nitrogens with one attached hydrogen (secondary N) is 1. The summed E-state index contributed by atoms with van der Waals surface area (Å²) in [6, 6.07) is 1.64. The molecule has 1 aliphatic carbocycles. The molecular weight excluding hydrogens is 184 g/mol. The van der Waals surface area contributed by atoms with E-state index in [0.29, 0.717) is 6.04 Å².